The number of benzene rings is 1. The number of rotatable bonds is 4. The number of hydrogen-bond donors (Lipinski definition) is 3. The minimum Gasteiger partial charge on any atom is -0.535 e. The predicted molar refractivity (Wildman–Crippen MR) is 92.8 cm³/mol. The molecule has 8 nitrogen and oxygen atoms in total. The molecule has 3 heterocycles. The first-order valence-electron chi connectivity index (χ1n) is 8.99. The summed E-state index contributed by atoms with van der Waals surface area (Å²) in [6.45, 7) is 0.814. The average molecular weight is 378 g/mol. The summed E-state index contributed by atoms with van der Waals surface area (Å²) in [6.07, 6.45) is -0.250. The number of halogens is 1. The lowest BCUT2D eigenvalue weighted by atomic mass is 9.78. The Kier molecular flexibility index (Phi) is 4.69. The second kappa shape index (κ2) is 7.01. The van der Waals surface area contributed by atoms with Crippen LogP contribution in [0.25, 0.3) is 0 Å². The minimum atomic E-state index is -1.20. The van der Waals surface area contributed by atoms with Crippen molar-refractivity contribution in [3.8, 4) is 11.5 Å². The Labute approximate surface area is 155 Å². The molecule has 2 atom stereocenters. The maximum Gasteiger partial charge on any atom is 0.522 e. The summed E-state index contributed by atoms with van der Waals surface area (Å²) in [7, 11) is -1.04. The number of hydrogen-bond acceptors (Lipinski definition) is 6. The molecule has 2 saturated heterocycles. The monoisotopic (exact) mass is 378 g/mol. The Hall–Kier alpha value is -2.33. The summed E-state index contributed by atoms with van der Waals surface area (Å²) in [5, 5.41) is 22.1. The molecule has 10 heteroatoms. The van der Waals surface area contributed by atoms with Crippen molar-refractivity contribution in [3.63, 3.8) is 0 Å². The van der Waals surface area contributed by atoms with Gasteiger partial charge in [0.05, 0.1) is 19.1 Å². The van der Waals surface area contributed by atoms with Crippen molar-refractivity contribution >= 4 is 19.0 Å². The molecule has 1 aromatic carbocycles. The van der Waals surface area contributed by atoms with Crippen molar-refractivity contribution in [2.45, 2.75) is 37.5 Å². The van der Waals surface area contributed by atoms with Crippen LogP contribution in [0.4, 0.5) is 4.39 Å². The van der Waals surface area contributed by atoms with Gasteiger partial charge in [-0.25, -0.2) is 9.18 Å². The van der Waals surface area contributed by atoms with Gasteiger partial charge in [-0.1, -0.05) is 6.07 Å². The molecule has 0 saturated carbocycles. The second-order valence-corrected chi connectivity index (χ2v) is 7.12. The molecule has 4 rings (SSSR count). The van der Waals surface area contributed by atoms with Crippen LogP contribution in [0.2, 0.25) is 6.32 Å². The Bertz CT molecular complexity index is 772. The molecule has 2 fully saturated rings. The fourth-order valence-corrected chi connectivity index (χ4v) is 3.69. The van der Waals surface area contributed by atoms with Gasteiger partial charge in [0.1, 0.15) is 29.3 Å². The van der Waals surface area contributed by atoms with Crippen LogP contribution in [0, 0.1) is 0 Å². The zero-order chi connectivity index (χ0) is 19.1. The smallest absolute Gasteiger partial charge is 0.522 e. The summed E-state index contributed by atoms with van der Waals surface area (Å²) < 4.78 is 24.3. The first kappa shape index (κ1) is 18.1. The van der Waals surface area contributed by atoms with Crippen LogP contribution in [0.1, 0.15) is 22.3 Å². The fraction of sp³-hybridized carbons (Fsp3) is 0.529. The van der Waals surface area contributed by atoms with Crippen LogP contribution in [0.15, 0.2) is 12.1 Å². The maximum absolute atomic E-state index is 13.2. The van der Waals surface area contributed by atoms with Gasteiger partial charge in [0.25, 0.3) is 0 Å². The molecule has 0 bridgehead atoms. The van der Waals surface area contributed by atoms with Gasteiger partial charge < -0.3 is 29.7 Å². The number of nitrogens with zero attached hydrogens (tertiary/aromatic N) is 1. The van der Waals surface area contributed by atoms with Crippen LogP contribution in [0.3, 0.4) is 0 Å². The van der Waals surface area contributed by atoms with E-state index in [1.807, 2.05) is 0 Å². The highest BCUT2D eigenvalue weighted by Gasteiger charge is 2.39. The third-order valence-corrected chi connectivity index (χ3v) is 5.16. The van der Waals surface area contributed by atoms with E-state index in [1.54, 1.807) is 17.0 Å². The minimum absolute atomic E-state index is 0.117. The topological polar surface area (TPSA) is 108 Å². The van der Waals surface area contributed by atoms with Crippen molar-refractivity contribution in [3.05, 3.63) is 23.3 Å². The van der Waals surface area contributed by atoms with Gasteiger partial charge in [-0.3, -0.25) is 4.79 Å². The van der Waals surface area contributed by atoms with Crippen LogP contribution >= 0.6 is 0 Å². The van der Waals surface area contributed by atoms with E-state index in [-0.39, 0.29) is 42.0 Å². The third-order valence-electron chi connectivity index (χ3n) is 5.16. The molecule has 0 aliphatic carbocycles. The molecule has 3 N–H and O–H groups in total. The number of aryl methyl sites for hydroxylation is 1. The zero-order valence-electron chi connectivity index (χ0n) is 14.6. The van der Waals surface area contributed by atoms with E-state index in [0.717, 1.165) is 0 Å². The summed E-state index contributed by atoms with van der Waals surface area (Å²) >= 11 is 0. The van der Waals surface area contributed by atoms with Gasteiger partial charge in [-0.2, -0.15) is 0 Å². The number of carbonyl (C=O) groups excluding carboxylic acids is 1. The lowest BCUT2D eigenvalue weighted by Crippen LogP contribution is -2.59. The van der Waals surface area contributed by atoms with Crippen LogP contribution in [-0.4, -0.2) is 72.0 Å². The lowest BCUT2D eigenvalue weighted by molar-refractivity contribution is -0.142. The molecule has 3 aliphatic heterocycles. The number of fused-ring (bicyclic) bond motifs is 1. The number of carbonyl (C=O) groups is 2. The Morgan fingerprint density at radius 3 is 2.81 bits per heavy atom. The summed E-state index contributed by atoms with van der Waals surface area (Å²) in [4.78, 5) is 25.6. The van der Waals surface area contributed by atoms with E-state index in [4.69, 9.17) is 9.39 Å². The average Bonchev–Trinajstić information content (AvgIpc) is 3.02. The van der Waals surface area contributed by atoms with Crippen molar-refractivity contribution < 1.29 is 33.5 Å². The first-order chi connectivity index (χ1) is 12.9. The van der Waals surface area contributed by atoms with Crippen molar-refractivity contribution in [1.82, 2.24) is 10.2 Å². The van der Waals surface area contributed by atoms with Gasteiger partial charge in [-0.05, 0) is 24.4 Å². The Morgan fingerprint density at radius 1 is 1.37 bits per heavy atom. The number of nitrogens with one attached hydrogen (secondary N) is 1. The lowest BCUT2D eigenvalue weighted by Gasteiger charge is -2.40. The van der Waals surface area contributed by atoms with Gasteiger partial charge in [0, 0.05) is 13.0 Å². The number of aromatic carboxylic acids is 1. The summed E-state index contributed by atoms with van der Waals surface area (Å²) in [5.74, 6) is -1.08. The molecule has 3 aliphatic rings. The van der Waals surface area contributed by atoms with Crippen molar-refractivity contribution in [2.24, 2.45) is 0 Å². The van der Waals surface area contributed by atoms with Gasteiger partial charge in [-0.15, -0.1) is 0 Å². The maximum atomic E-state index is 13.2. The highest BCUT2D eigenvalue weighted by molar-refractivity contribution is 6.44. The highest BCUT2D eigenvalue weighted by Crippen LogP contribution is 2.37. The molecule has 144 valence electrons. The van der Waals surface area contributed by atoms with Crippen molar-refractivity contribution in [1.29, 1.82) is 0 Å². The number of likely N-dealkylation sites (tertiary alicyclic amines) is 1. The number of alkyl halides is 1. The quantitative estimate of drug-likeness (QED) is 0.638. The fourth-order valence-electron chi connectivity index (χ4n) is 3.69. The highest BCUT2D eigenvalue weighted by atomic mass is 19.1. The normalized spacial score (nSPS) is 24.8. The molecule has 0 unspecified atom stereocenters. The van der Waals surface area contributed by atoms with E-state index < -0.39 is 25.3 Å². The summed E-state index contributed by atoms with van der Waals surface area (Å²) in [6, 6.07) is 2.81. The Morgan fingerprint density at radius 2 is 2.15 bits per heavy atom. The Balaban J connectivity index is 1.43. The first-order valence-corrected chi connectivity index (χ1v) is 8.99. The van der Waals surface area contributed by atoms with Gasteiger partial charge in [0.2, 0.25) is 5.91 Å². The predicted octanol–water partition coefficient (Wildman–Crippen LogP) is 0.0898. The molecule has 0 radical (unpaired) electrons. The summed E-state index contributed by atoms with van der Waals surface area (Å²) in [5.41, 5.74) is 0.595. The second-order valence-electron chi connectivity index (χ2n) is 7.12. The van der Waals surface area contributed by atoms with Crippen LogP contribution in [0.5, 0.6) is 11.5 Å². The van der Waals surface area contributed by atoms with E-state index in [0.29, 0.717) is 31.4 Å². The molecular weight excluding hydrogens is 358 g/mol. The molecule has 1 amide bonds. The van der Waals surface area contributed by atoms with Crippen LogP contribution < -0.4 is 14.7 Å². The SMILES string of the molecule is O=C(O)c1c(OC2CN(C(=O)[C@@H]3C[C@H](F)CN3)C2)ccc2c1OB(O)CC2. The number of carboxylic acid groups (broad SMARTS) is 1. The van der Waals surface area contributed by atoms with Crippen LogP contribution in [-0.2, 0) is 11.2 Å². The van der Waals surface area contributed by atoms with Crippen molar-refractivity contribution in [2.75, 3.05) is 19.6 Å². The van der Waals surface area contributed by atoms with E-state index in [2.05, 4.69) is 5.32 Å². The number of amides is 1. The van der Waals surface area contributed by atoms with Gasteiger partial charge in [0.15, 0.2) is 0 Å². The molecule has 27 heavy (non-hydrogen) atoms. The largest absolute Gasteiger partial charge is 0.535 e. The third kappa shape index (κ3) is 3.46. The molecule has 0 aromatic heterocycles. The standard InChI is InChI=1S/C17H20BFN2O6/c19-10-5-12(20-6-10)16(22)21-7-11(8-21)26-13-2-1-9-3-4-18(25)27-15(9)14(13)17(23)24/h1-2,10-12,20,25H,3-8H2,(H,23,24)/t10-,12-/m0/s1. The zero-order valence-corrected chi connectivity index (χ0v) is 14.6. The van der Waals surface area contributed by atoms with Gasteiger partial charge >= 0.3 is 13.1 Å². The number of ether oxygens (including phenoxy) is 1. The molecular formula is C17H20BFN2O6. The molecule has 0 spiro atoms. The van der Waals surface area contributed by atoms with E-state index in [9.17, 15) is 24.1 Å². The van der Waals surface area contributed by atoms with E-state index >= 15 is 0 Å². The molecule has 1 aromatic rings. The number of carboxylic acids is 1. The van der Waals surface area contributed by atoms with E-state index in [1.165, 1.54) is 0 Å².